The van der Waals surface area contributed by atoms with Gasteiger partial charge in [-0.1, -0.05) is 178 Å². The Morgan fingerprint density at radius 1 is 0.386 bits per heavy atom. The number of anilines is 6. The van der Waals surface area contributed by atoms with E-state index in [0.717, 1.165) is 54.1 Å². The highest BCUT2D eigenvalue weighted by Crippen LogP contribution is 2.59. The van der Waals surface area contributed by atoms with Gasteiger partial charge in [-0.25, -0.2) is 0 Å². The number of rotatable bonds is 12. The van der Waals surface area contributed by atoms with Crippen molar-refractivity contribution in [3.05, 3.63) is 241 Å². The molecule has 1 aliphatic carbocycles. The minimum atomic E-state index is -0.219. The number of para-hydroxylation sites is 2. The van der Waals surface area contributed by atoms with Gasteiger partial charge >= 0.3 is 0 Å². The molecule has 0 N–H and O–H groups in total. The first-order chi connectivity index (χ1) is 34.5. The summed E-state index contributed by atoms with van der Waals surface area (Å²) in [5.74, 6) is 0. The van der Waals surface area contributed by atoms with E-state index >= 15 is 0 Å². The maximum atomic E-state index is 2.60. The fourth-order valence-corrected chi connectivity index (χ4v) is 12.0. The van der Waals surface area contributed by atoms with Gasteiger partial charge in [0.15, 0.2) is 0 Å². The first-order valence-electron chi connectivity index (χ1n) is 25.1. The van der Waals surface area contributed by atoms with Crippen molar-refractivity contribution in [2.24, 2.45) is 7.05 Å². The van der Waals surface area contributed by atoms with Crippen LogP contribution >= 0.6 is 0 Å². The third-order valence-electron chi connectivity index (χ3n) is 15.1. The Morgan fingerprint density at radius 2 is 0.943 bits per heavy atom. The molecule has 0 saturated carbocycles. The van der Waals surface area contributed by atoms with Crippen molar-refractivity contribution >= 4 is 66.7 Å². The van der Waals surface area contributed by atoms with Crippen LogP contribution in [0, 0.1) is 6.92 Å². The number of fused-ring (bicyclic) bond motifs is 8. The van der Waals surface area contributed by atoms with Crippen LogP contribution in [0.25, 0.3) is 66.0 Å². The SMILES string of the molecule is CCCC1(CCC)c2cc(N(c3ccccc3)c3ccc(-c4ccccc4)cc3-c3ccccc3)ccc2-c2c1cc(N(c1ccc(C)cc1)c1ccc3c(c1)c1ccccc1n3C)c1ccccc21. The van der Waals surface area contributed by atoms with Crippen LogP contribution in [0.4, 0.5) is 34.1 Å². The molecule has 0 aliphatic heterocycles. The van der Waals surface area contributed by atoms with Crippen molar-refractivity contribution in [2.45, 2.75) is 51.9 Å². The van der Waals surface area contributed by atoms with Crippen molar-refractivity contribution in [3.63, 3.8) is 0 Å². The summed E-state index contributed by atoms with van der Waals surface area (Å²) in [7, 11) is 2.18. The first kappa shape index (κ1) is 43.2. The Bertz CT molecular complexity index is 3690. The van der Waals surface area contributed by atoms with Gasteiger partial charge in [0.05, 0.1) is 11.4 Å². The molecule has 0 amide bonds. The van der Waals surface area contributed by atoms with Crippen molar-refractivity contribution < 1.29 is 0 Å². The average molecular weight is 904 g/mol. The summed E-state index contributed by atoms with van der Waals surface area (Å²) in [6.07, 6.45) is 4.21. The lowest BCUT2D eigenvalue weighted by Gasteiger charge is -2.35. The Hall–Kier alpha value is -8.14. The molecule has 0 atom stereocenters. The highest BCUT2D eigenvalue weighted by molar-refractivity contribution is 6.13. The number of nitrogens with zero attached hydrogens (tertiary/aromatic N) is 3. The number of aromatic nitrogens is 1. The van der Waals surface area contributed by atoms with Gasteiger partial charge < -0.3 is 14.4 Å². The summed E-state index contributed by atoms with van der Waals surface area (Å²) >= 11 is 0. The second-order valence-corrected chi connectivity index (χ2v) is 19.3. The third kappa shape index (κ3) is 7.10. The average Bonchev–Trinajstić information content (AvgIpc) is 3.85. The lowest BCUT2D eigenvalue weighted by Crippen LogP contribution is -2.26. The normalized spacial score (nSPS) is 12.6. The molecular formula is C67H57N3. The van der Waals surface area contributed by atoms with E-state index < -0.39 is 0 Å². The van der Waals surface area contributed by atoms with Crippen LogP contribution in [0.2, 0.25) is 0 Å². The summed E-state index contributed by atoms with van der Waals surface area (Å²) in [5, 5.41) is 5.07. The molecule has 10 aromatic carbocycles. The molecule has 0 fully saturated rings. The van der Waals surface area contributed by atoms with Gasteiger partial charge in [-0.3, -0.25) is 0 Å². The molecule has 0 spiro atoms. The summed E-state index contributed by atoms with van der Waals surface area (Å²) < 4.78 is 2.33. The first-order valence-corrected chi connectivity index (χ1v) is 25.1. The van der Waals surface area contributed by atoms with E-state index in [1.165, 1.54) is 88.3 Å². The number of hydrogen-bond donors (Lipinski definition) is 0. The topological polar surface area (TPSA) is 11.4 Å². The number of aryl methyl sites for hydroxylation is 2. The van der Waals surface area contributed by atoms with Crippen molar-refractivity contribution in [2.75, 3.05) is 9.80 Å². The van der Waals surface area contributed by atoms with Gasteiger partial charge in [-0.05, 0) is 143 Å². The fourth-order valence-electron chi connectivity index (χ4n) is 12.0. The van der Waals surface area contributed by atoms with E-state index in [2.05, 4.69) is 267 Å². The molecular weight excluding hydrogens is 847 g/mol. The largest absolute Gasteiger partial charge is 0.344 e. The fraction of sp³-hybridized carbons (Fsp3) is 0.134. The zero-order valence-electron chi connectivity index (χ0n) is 40.5. The maximum absolute atomic E-state index is 2.60. The van der Waals surface area contributed by atoms with Gasteiger partial charge in [0, 0.05) is 68.0 Å². The number of hydrogen-bond acceptors (Lipinski definition) is 2. The lowest BCUT2D eigenvalue weighted by molar-refractivity contribution is 0.436. The van der Waals surface area contributed by atoms with E-state index in [4.69, 9.17) is 0 Å². The van der Waals surface area contributed by atoms with Crippen LogP contribution in [0.15, 0.2) is 224 Å². The molecule has 3 heteroatoms. The molecule has 11 aromatic rings. The second-order valence-electron chi connectivity index (χ2n) is 19.3. The summed E-state index contributed by atoms with van der Waals surface area (Å²) in [6, 6.07) is 83.7. The molecule has 0 unspecified atom stereocenters. The Kier molecular flexibility index (Phi) is 10.9. The van der Waals surface area contributed by atoms with Crippen LogP contribution in [-0.4, -0.2) is 4.57 Å². The van der Waals surface area contributed by atoms with E-state index in [1.54, 1.807) is 0 Å². The van der Waals surface area contributed by atoms with Gasteiger partial charge in [-0.15, -0.1) is 0 Å². The van der Waals surface area contributed by atoms with Crippen molar-refractivity contribution in [1.82, 2.24) is 4.57 Å². The molecule has 1 heterocycles. The highest BCUT2D eigenvalue weighted by atomic mass is 15.2. The summed E-state index contributed by atoms with van der Waals surface area (Å²) in [4.78, 5) is 5.02. The van der Waals surface area contributed by atoms with E-state index in [9.17, 15) is 0 Å². The minimum Gasteiger partial charge on any atom is -0.344 e. The molecule has 0 radical (unpaired) electrons. The number of benzene rings is 10. The molecule has 3 nitrogen and oxygen atoms in total. The smallest absolute Gasteiger partial charge is 0.0543 e. The van der Waals surface area contributed by atoms with E-state index in [1.807, 2.05) is 0 Å². The zero-order valence-corrected chi connectivity index (χ0v) is 40.5. The molecule has 0 bridgehead atoms. The Labute approximate surface area is 412 Å². The second kappa shape index (κ2) is 17.7. The summed E-state index contributed by atoms with van der Waals surface area (Å²) in [5.41, 5.74) is 20.8. The Morgan fingerprint density at radius 3 is 1.66 bits per heavy atom. The standard InChI is InChI=1S/C67H57N3/c1-5-40-67(41-6-2)60-44-53(69(50-24-14-9-15-25-50)64-38-32-49(47-20-10-7-11-21-47)42-58(64)48-22-12-8-13-23-48)35-37-57(60)66-56-28-17-16-26-54(56)65(45-61(66)67)70(51-33-30-46(3)31-34-51)52-36-39-63-59(43-52)55-27-18-19-29-62(55)68(63)4/h7-39,42-45H,5-6,40-41H2,1-4H3. The third-order valence-corrected chi connectivity index (χ3v) is 15.1. The van der Waals surface area contributed by atoms with Crippen LogP contribution in [0.3, 0.4) is 0 Å². The molecule has 340 valence electrons. The molecule has 1 aliphatic rings. The monoisotopic (exact) mass is 903 g/mol. The zero-order chi connectivity index (χ0) is 47.3. The Balaban J connectivity index is 1.09. The maximum Gasteiger partial charge on any atom is 0.0543 e. The predicted molar refractivity (Wildman–Crippen MR) is 299 cm³/mol. The van der Waals surface area contributed by atoms with Crippen LogP contribution in [0.5, 0.6) is 0 Å². The minimum absolute atomic E-state index is 0.219. The highest BCUT2D eigenvalue weighted by Gasteiger charge is 2.44. The van der Waals surface area contributed by atoms with E-state index in [0.29, 0.717) is 0 Å². The lowest BCUT2D eigenvalue weighted by atomic mass is 9.71. The van der Waals surface area contributed by atoms with E-state index in [-0.39, 0.29) is 5.41 Å². The molecule has 0 saturated heterocycles. The van der Waals surface area contributed by atoms with Gasteiger partial charge in [0.2, 0.25) is 0 Å². The van der Waals surface area contributed by atoms with Gasteiger partial charge in [0.25, 0.3) is 0 Å². The quantitative estimate of drug-likeness (QED) is 0.121. The van der Waals surface area contributed by atoms with Gasteiger partial charge in [0.1, 0.15) is 0 Å². The van der Waals surface area contributed by atoms with Crippen LogP contribution in [0.1, 0.15) is 56.2 Å². The predicted octanol–water partition coefficient (Wildman–Crippen LogP) is 18.9. The van der Waals surface area contributed by atoms with Gasteiger partial charge in [-0.2, -0.15) is 0 Å². The molecule has 1 aromatic heterocycles. The molecule has 70 heavy (non-hydrogen) atoms. The van der Waals surface area contributed by atoms with Crippen molar-refractivity contribution in [1.29, 1.82) is 0 Å². The van der Waals surface area contributed by atoms with Crippen LogP contribution in [-0.2, 0) is 12.5 Å². The van der Waals surface area contributed by atoms with Crippen LogP contribution < -0.4 is 9.80 Å². The van der Waals surface area contributed by atoms with Crippen molar-refractivity contribution in [3.8, 4) is 33.4 Å². The molecule has 12 rings (SSSR count). The summed E-state index contributed by atoms with van der Waals surface area (Å²) in [6.45, 7) is 6.92.